The van der Waals surface area contributed by atoms with Crippen LogP contribution in [0.25, 0.3) is 6.08 Å². The average molecular weight is 605 g/mol. The van der Waals surface area contributed by atoms with E-state index in [1.54, 1.807) is 18.2 Å². The van der Waals surface area contributed by atoms with Gasteiger partial charge in [-0.05, 0) is 70.6 Å². The van der Waals surface area contributed by atoms with Crippen molar-refractivity contribution in [2.45, 2.75) is 4.90 Å². The van der Waals surface area contributed by atoms with Crippen molar-refractivity contribution in [2.75, 3.05) is 12.4 Å². The molecule has 1 N–H and O–H groups in total. The number of nitriles is 1. The van der Waals surface area contributed by atoms with Crippen molar-refractivity contribution >= 4 is 56.1 Å². The van der Waals surface area contributed by atoms with E-state index in [2.05, 4.69) is 27.9 Å². The number of halogens is 1. The van der Waals surface area contributed by atoms with Crippen LogP contribution < -0.4 is 14.2 Å². The van der Waals surface area contributed by atoms with Crippen LogP contribution in [0.1, 0.15) is 5.56 Å². The van der Waals surface area contributed by atoms with Gasteiger partial charge in [-0.25, -0.2) is 0 Å². The van der Waals surface area contributed by atoms with Crippen molar-refractivity contribution in [2.24, 2.45) is 0 Å². The monoisotopic (exact) mass is 605 g/mol. The minimum absolute atomic E-state index is 0.0313. The van der Waals surface area contributed by atoms with Gasteiger partial charge in [0.05, 0.1) is 12.0 Å². The lowest BCUT2D eigenvalue weighted by Gasteiger charge is -2.12. The molecule has 178 valence electrons. The summed E-state index contributed by atoms with van der Waals surface area (Å²) in [5.41, 5.74) is 0.0344. The normalized spacial score (nSPS) is 11.3. The largest absolute Gasteiger partial charge is 0.493 e. The number of nitrogens with zero attached hydrogens (tertiary/aromatic N) is 2. The van der Waals surface area contributed by atoms with Crippen molar-refractivity contribution in [3.63, 3.8) is 0 Å². The number of nitro groups is 1. The molecule has 3 rings (SSSR count). The van der Waals surface area contributed by atoms with Gasteiger partial charge in [0.25, 0.3) is 11.6 Å². The van der Waals surface area contributed by atoms with Crippen LogP contribution in [0.15, 0.2) is 77.2 Å². The Bertz CT molecular complexity index is 1480. The molecule has 35 heavy (non-hydrogen) atoms. The van der Waals surface area contributed by atoms with E-state index >= 15 is 0 Å². The maximum atomic E-state index is 12.7. The smallest absolute Gasteiger partial charge is 0.346 e. The van der Waals surface area contributed by atoms with Crippen molar-refractivity contribution in [3.8, 4) is 17.6 Å². The molecule has 0 spiro atoms. The second-order valence-corrected chi connectivity index (χ2v) is 9.57. The van der Waals surface area contributed by atoms with E-state index in [0.717, 1.165) is 15.7 Å². The third-order valence-corrected chi connectivity index (χ3v) is 6.43. The summed E-state index contributed by atoms with van der Waals surface area (Å²) < 4.78 is 36.6. The molecular formula is C23H16IN3O7S. The third-order valence-electron chi connectivity index (χ3n) is 4.48. The molecule has 0 aromatic heterocycles. The number of rotatable bonds is 8. The van der Waals surface area contributed by atoms with E-state index in [1.165, 1.54) is 43.5 Å². The molecule has 0 aliphatic carbocycles. The highest BCUT2D eigenvalue weighted by Gasteiger charge is 2.28. The fourth-order valence-electron chi connectivity index (χ4n) is 2.91. The van der Waals surface area contributed by atoms with Gasteiger partial charge in [0, 0.05) is 15.3 Å². The first-order chi connectivity index (χ1) is 16.6. The summed E-state index contributed by atoms with van der Waals surface area (Å²) in [6, 6.07) is 17.6. The van der Waals surface area contributed by atoms with Gasteiger partial charge in [-0.15, -0.1) is 0 Å². The topological polar surface area (TPSA) is 149 Å². The van der Waals surface area contributed by atoms with Crippen LogP contribution in [0, 0.1) is 25.0 Å². The van der Waals surface area contributed by atoms with Gasteiger partial charge in [0.1, 0.15) is 11.6 Å². The number of nitrogens with one attached hydrogen (secondary N) is 1. The molecule has 3 aromatic rings. The molecule has 0 bridgehead atoms. The Morgan fingerprint density at radius 1 is 1.11 bits per heavy atom. The maximum absolute atomic E-state index is 12.7. The zero-order valence-electron chi connectivity index (χ0n) is 18.0. The Balaban J connectivity index is 1.89. The van der Waals surface area contributed by atoms with Crippen molar-refractivity contribution in [3.05, 3.63) is 91.6 Å². The number of benzene rings is 3. The summed E-state index contributed by atoms with van der Waals surface area (Å²) in [7, 11) is -3.30. The van der Waals surface area contributed by atoms with Crippen molar-refractivity contribution in [1.82, 2.24) is 0 Å². The number of carbonyl (C=O) groups is 1. The number of ether oxygens (including phenoxy) is 1. The predicted octanol–water partition coefficient (Wildman–Crippen LogP) is 4.52. The SMILES string of the molecule is COc1cc(/C=C(\C#N)C(=O)Nc2cccc(I)c2)ccc1OS(=O)(=O)c1ccccc1[N+](=O)[O-]. The Morgan fingerprint density at radius 3 is 2.51 bits per heavy atom. The molecule has 12 heteroatoms. The first-order valence-electron chi connectivity index (χ1n) is 9.69. The molecule has 0 saturated heterocycles. The van der Waals surface area contributed by atoms with Crippen molar-refractivity contribution < 1.29 is 27.1 Å². The van der Waals surface area contributed by atoms with Crippen LogP contribution >= 0.6 is 22.6 Å². The Hall–Kier alpha value is -3.96. The van der Waals surface area contributed by atoms with Gasteiger partial charge in [0.2, 0.25) is 0 Å². The van der Waals surface area contributed by atoms with Gasteiger partial charge in [-0.2, -0.15) is 13.7 Å². The number of hydrogen-bond acceptors (Lipinski definition) is 8. The first-order valence-corrected chi connectivity index (χ1v) is 12.2. The number of methoxy groups -OCH3 is 1. The van der Waals surface area contributed by atoms with E-state index in [9.17, 15) is 28.6 Å². The zero-order valence-corrected chi connectivity index (χ0v) is 20.9. The van der Waals surface area contributed by atoms with E-state index in [1.807, 2.05) is 12.1 Å². The molecule has 0 unspecified atom stereocenters. The molecule has 0 atom stereocenters. The molecular weight excluding hydrogens is 589 g/mol. The number of para-hydroxylation sites is 1. The minimum atomic E-state index is -4.57. The first kappa shape index (κ1) is 25.7. The molecule has 0 radical (unpaired) electrons. The highest BCUT2D eigenvalue weighted by atomic mass is 127. The van der Waals surface area contributed by atoms with Gasteiger partial charge in [0.15, 0.2) is 16.4 Å². The molecule has 0 aliphatic rings. The molecule has 3 aromatic carbocycles. The summed E-state index contributed by atoms with van der Waals surface area (Å²) in [5.74, 6) is -0.895. The number of nitro benzene ring substituents is 1. The Morgan fingerprint density at radius 2 is 1.86 bits per heavy atom. The number of anilines is 1. The van der Waals surface area contributed by atoms with Crippen LogP contribution in [-0.4, -0.2) is 26.4 Å². The van der Waals surface area contributed by atoms with Gasteiger partial charge in [-0.3, -0.25) is 14.9 Å². The summed E-state index contributed by atoms with van der Waals surface area (Å²) in [5, 5.41) is 23.3. The lowest BCUT2D eigenvalue weighted by Crippen LogP contribution is -2.13. The standard InChI is InChI=1S/C23H16IN3O7S/c1-33-21-12-15(11-16(14-25)23(28)26-18-6-4-5-17(24)13-18)9-10-20(21)34-35(31,32)22-8-3-2-7-19(22)27(29)30/h2-13H,1H3,(H,26,28)/b16-11+. The highest BCUT2D eigenvalue weighted by Crippen LogP contribution is 2.33. The van der Waals surface area contributed by atoms with E-state index < -0.39 is 31.5 Å². The van der Waals surface area contributed by atoms with Gasteiger partial charge >= 0.3 is 10.1 Å². The highest BCUT2D eigenvalue weighted by molar-refractivity contribution is 14.1. The van der Waals surface area contributed by atoms with Gasteiger partial charge < -0.3 is 14.2 Å². The average Bonchev–Trinajstić information content (AvgIpc) is 2.83. The fraction of sp³-hybridized carbons (Fsp3) is 0.0435. The number of amides is 1. The van der Waals surface area contributed by atoms with Crippen LogP contribution in [0.4, 0.5) is 11.4 Å². The van der Waals surface area contributed by atoms with Gasteiger partial charge in [-0.1, -0.05) is 24.3 Å². The van der Waals surface area contributed by atoms with E-state index in [-0.39, 0.29) is 17.1 Å². The molecule has 0 heterocycles. The van der Waals surface area contributed by atoms with Crippen LogP contribution in [0.5, 0.6) is 11.5 Å². The molecule has 1 amide bonds. The molecule has 0 fully saturated rings. The quantitative estimate of drug-likeness (QED) is 0.0984. The molecule has 0 saturated carbocycles. The maximum Gasteiger partial charge on any atom is 0.346 e. The Kier molecular flexibility index (Phi) is 8.05. The second kappa shape index (κ2) is 11.0. The zero-order chi connectivity index (χ0) is 25.6. The summed E-state index contributed by atoms with van der Waals surface area (Å²) >= 11 is 2.09. The number of hydrogen-bond donors (Lipinski definition) is 1. The van der Waals surface area contributed by atoms with Crippen LogP contribution in [0.3, 0.4) is 0 Å². The van der Waals surface area contributed by atoms with Crippen molar-refractivity contribution in [1.29, 1.82) is 5.26 Å². The van der Waals surface area contributed by atoms with Crippen LogP contribution in [-0.2, 0) is 14.9 Å². The second-order valence-electron chi connectivity index (χ2n) is 6.81. The number of carbonyl (C=O) groups excluding carboxylic acids is 1. The lowest BCUT2D eigenvalue weighted by molar-refractivity contribution is -0.387. The summed E-state index contributed by atoms with van der Waals surface area (Å²) in [6.45, 7) is 0. The Labute approximate surface area is 214 Å². The van der Waals surface area contributed by atoms with E-state index in [4.69, 9.17) is 8.92 Å². The predicted molar refractivity (Wildman–Crippen MR) is 135 cm³/mol. The molecule has 0 aliphatic heterocycles. The molecule has 10 nitrogen and oxygen atoms in total. The summed E-state index contributed by atoms with van der Waals surface area (Å²) in [4.78, 5) is 22.3. The summed E-state index contributed by atoms with van der Waals surface area (Å²) in [6.07, 6.45) is 1.30. The van der Waals surface area contributed by atoms with Crippen LogP contribution in [0.2, 0.25) is 0 Å². The lowest BCUT2D eigenvalue weighted by atomic mass is 10.1. The minimum Gasteiger partial charge on any atom is -0.493 e. The van der Waals surface area contributed by atoms with E-state index in [0.29, 0.717) is 11.3 Å². The third kappa shape index (κ3) is 6.34. The fourth-order valence-corrected chi connectivity index (χ4v) is 4.56.